The van der Waals surface area contributed by atoms with Crippen LogP contribution in [-0.4, -0.2) is 16.5 Å². The predicted octanol–water partition coefficient (Wildman–Crippen LogP) is 3.61. The molecule has 2 rings (SSSR count). The summed E-state index contributed by atoms with van der Waals surface area (Å²) in [5, 5.41) is 4.44. The molecular weight excluding hydrogens is 254 g/mol. The normalized spacial score (nSPS) is 11.2. The number of aromatic amines is 1. The summed E-state index contributed by atoms with van der Waals surface area (Å²) in [4.78, 5) is 8.66. The highest BCUT2D eigenvalue weighted by Crippen LogP contribution is 2.28. The van der Waals surface area contributed by atoms with E-state index < -0.39 is 0 Å². The first-order valence-corrected chi connectivity index (χ1v) is 7.44. The zero-order valence-corrected chi connectivity index (χ0v) is 12.6. The summed E-state index contributed by atoms with van der Waals surface area (Å²) in [6.07, 6.45) is 3.64. The number of aromatic nitrogens is 2. The first kappa shape index (κ1) is 14.2. The Morgan fingerprint density at radius 2 is 2.21 bits per heavy atom. The van der Waals surface area contributed by atoms with Crippen molar-refractivity contribution in [2.24, 2.45) is 5.92 Å². The number of H-pyrrole nitrogens is 1. The second-order valence-electron chi connectivity index (χ2n) is 5.13. The molecule has 0 unspecified atom stereocenters. The Balaban J connectivity index is 2.08. The Labute approximate surface area is 119 Å². The molecule has 2 aromatic rings. The SMILES string of the molecule is Cc1ccc(Sc2ncc[nH]2)c(CNCC(C)C)c1. The van der Waals surface area contributed by atoms with Crippen molar-refractivity contribution in [2.75, 3.05) is 6.54 Å². The van der Waals surface area contributed by atoms with E-state index in [1.54, 1.807) is 18.0 Å². The molecule has 0 aliphatic heterocycles. The number of nitrogens with zero attached hydrogens (tertiary/aromatic N) is 1. The van der Waals surface area contributed by atoms with Gasteiger partial charge >= 0.3 is 0 Å². The van der Waals surface area contributed by atoms with Crippen LogP contribution in [0.3, 0.4) is 0 Å². The van der Waals surface area contributed by atoms with Crippen LogP contribution in [0.15, 0.2) is 40.6 Å². The lowest BCUT2D eigenvalue weighted by Crippen LogP contribution is -2.19. The number of hydrogen-bond acceptors (Lipinski definition) is 3. The topological polar surface area (TPSA) is 40.7 Å². The van der Waals surface area contributed by atoms with Crippen molar-refractivity contribution in [2.45, 2.75) is 37.4 Å². The highest BCUT2D eigenvalue weighted by Gasteiger charge is 2.06. The summed E-state index contributed by atoms with van der Waals surface area (Å²) in [6.45, 7) is 8.53. The van der Waals surface area contributed by atoms with E-state index in [0.29, 0.717) is 5.92 Å². The monoisotopic (exact) mass is 275 g/mol. The number of rotatable bonds is 6. The van der Waals surface area contributed by atoms with E-state index in [9.17, 15) is 0 Å². The predicted molar refractivity (Wildman–Crippen MR) is 80.4 cm³/mol. The van der Waals surface area contributed by atoms with Gasteiger partial charge in [-0.3, -0.25) is 0 Å². The lowest BCUT2D eigenvalue weighted by molar-refractivity contribution is 0.550. The van der Waals surface area contributed by atoms with Crippen molar-refractivity contribution in [1.82, 2.24) is 15.3 Å². The Bertz CT molecular complexity index is 506. The van der Waals surface area contributed by atoms with Crippen LogP contribution in [0.25, 0.3) is 0 Å². The molecular formula is C15H21N3S. The van der Waals surface area contributed by atoms with Crippen molar-refractivity contribution in [1.29, 1.82) is 0 Å². The van der Waals surface area contributed by atoms with E-state index in [1.807, 2.05) is 6.20 Å². The fourth-order valence-electron chi connectivity index (χ4n) is 1.85. The number of nitrogens with one attached hydrogen (secondary N) is 2. The Morgan fingerprint density at radius 3 is 2.89 bits per heavy atom. The van der Waals surface area contributed by atoms with Gasteiger partial charge < -0.3 is 10.3 Å². The molecule has 19 heavy (non-hydrogen) atoms. The van der Waals surface area contributed by atoms with Crippen molar-refractivity contribution in [3.63, 3.8) is 0 Å². The zero-order chi connectivity index (χ0) is 13.7. The summed E-state index contributed by atoms with van der Waals surface area (Å²) in [7, 11) is 0. The molecule has 4 heteroatoms. The maximum absolute atomic E-state index is 4.27. The number of hydrogen-bond donors (Lipinski definition) is 2. The van der Waals surface area contributed by atoms with Crippen molar-refractivity contribution in [3.8, 4) is 0 Å². The molecule has 0 spiro atoms. The van der Waals surface area contributed by atoms with Crippen molar-refractivity contribution in [3.05, 3.63) is 41.7 Å². The Kier molecular flexibility index (Phi) is 5.05. The maximum Gasteiger partial charge on any atom is 0.170 e. The van der Waals surface area contributed by atoms with E-state index in [2.05, 4.69) is 54.3 Å². The van der Waals surface area contributed by atoms with Gasteiger partial charge in [-0.15, -0.1) is 0 Å². The van der Waals surface area contributed by atoms with Crippen molar-refractivity contribution >= 4 is 11.8 Å². The minimum absolute atomic E-state index is 0.672. The smallest absolute Gasteiger partial charge is 0.170 e. The van der Waals surface area contributed by atoms with Crippen LogP contribution in [-0.2, 0) is 6.54 Å². The van der Waals surface area contributed by atoms with Gasteiger partial charge in [0.05, 0.1) is 0 Å². The standard InChI is InChI=1S/C15H21N3S/c1-11(2)9-16-10-13-8-12(3)4-5-14(13)19-15-17-6-7-18-15/h4-8,11,16H,9-10H2,1-3H3,(H,17,18). The zero-order valence-electron chi connectivity index (χ0n) is 11.7. The molecule has 2 N–H and O–H groups in total. The third kappa shape index (κ3) is 4.40. The molecule has 1 heterocycles. The highest BCUT2D eigenvalue weighted by atomic mass is 32.2. The fourth-order valence-corrected chi connectivity index (χ4v) is 2.70. The van der Waals surface area contributed by atoms with Crippen LogP contribution in [0, 0.1) is 12.8 Å². The molecule has 0 atom stereocenters. The molecule has 3 nitrogen and oxygen atoms in total. The highest BCUT2D eigenvalue weighted by molar-refractivity contribution is 7.99. The van der Waals surface area contributed by atoms with Gasteiger partial charge in [0.2, 0.25) is 0 Å². The van der Waals surface area contributed by atoms with Gasteiger partial charge in [-0.1, -0.05) is 43.3 Å². The van der Waals surface area contributed by atoms with E-state index in [1.165, 1.54) is 16.0 Å². The largest absolute Gasteiger partial charge is 0.339 e. The Morgan fingerprint density at radius 1 is 1.37 bits per heavy atom. The van der Waals surface area contributed by atoms with Crippen LogP contribution in [0.2, 0.25) is 0 Å². The van der Waals surface area contributed by atoms with Gasteiger partial charge in [0, 0.05) is 23.8 Å². The summed E-state index contributed by atoms with van der Waals surface area (Å²) in [6, 6.07) is 6.57. The first-order valence-electron chi connectivity index (χ1n) is 6.62. The molecule has 0 aliphatic carbocycles. The lowest BCUT2D eigenvalue weighted by Gasteiger charge is -2.12. The molecule has 102 valence electrons. The fraction of sp³-hybridized carbons (Fsp3) is 0.400. The van der Waals surface area contributed by atoms with E-state index in [-0.39, 0.29) is 0 Å². The summed E-state index contributed by atoms with van der Waals surface area (Å²) in [5.74, 6) is 0.672. The van der Waals surface area contributed by atoms with Gasteiger partial charge in [-0.2, -0.15) is 0 Å². The minimum atomic E-state index is 0.672. The molecule has 1 aromatic carbocycles. The molecule has 0 amide bonds. The maximum atomic E-state index is 4.27. The molecule has 1 aromatic heterocycles. The number of aryl methyl sites for hydroxylation is 1. The second kappa shape index (κ2) is 6.78. The molecule has 0 saturated heterocycles. The quantitative estimate of drug-likeness (QED) is 0.846. The molecule has 0 aliphatic rings. The summed E-state index contributed by atoms with van der Waals surface area (Å²) < 4.78 is 0. The van der Waals surface area contributed by atoms with Gasteiger partial charge in [-0.25, -0.2) is 4.98 Å². The molecule has 0 bridgehead atoms. The summed E-state index contributed by atoms with van der Waals surface area (Å²) in [5.41, 5.74) is 2.63. The van der Waals surface area contributed by atoms with E-state index in [0.717, 1.165) is 18.2 Å². The average Bonchev–Trinajstić information content (AvgIpc) is 2.85. The van der Waals surface area contributed by atoms with Crippen molar-refractivity contribution < 1.29 is 0 Å². The minimum Gasteiger partial charge on any atom is -0.339 e. The molecule has 0 fully saturated rings. The molecule has 0 saturated carbocycles. The van der Waals surface area contributed by atoms with Crippen LogP contribution in [0.5, 0.6) is 0 Å². The van der Waals surface area contributed by atoms with Gasteiger partial charge in [0.25, 0.3) is 0 Å². The number of benzene rings is 1. The molecule has 0 radical (unpaired) electrons. The third-order valence-corrected chi connectivity index (χ3v) is 3.80. The van der Waals surface area contributed by atoms with E-state index >= 15 is 0 Å². The van der Waals surface area contributed by atoms with Gasteiger partial charge in [-0.05, 0) is 31.0 Å². The first-order chi connectivity index (χ1) is 9.15. The summed E-state index contributed by atoms with van der Waals surface area (Å²) >= 11 is 1.68. The van der Waals surface area contributed by atoms with Gasteiger partial charge in [0.1, 0.15) is 0 Å². The van der Waals surface area contributed by atoms with Crippen LogP contribution in [0.1, 0.15) is 25.0 Å². The third-order valence-electron chi connectivity index (χ3n) is 2.76. The van der Waals surface area contributed by atoms with E-state index in [4.69, 9.17) is 0 Å². The second-order valence-corrected chi connectivity index (χ2v) is 6.16. The van der Waals surface area contributed by atoms with Crippen LogP contribution >= 0.6 is 11.8 Å². The lowest BCUT2D eigenvalue weighted by atomic mass is 10.1. The van der Waals surface area contributed by atoms with Gasteiger partial charge in [0.15, 0.2) is 5.16 Å². The van der Waals surface area contributed by atoms with Crippen LogP contribution < -0.4 is 5.32 Å². The average molecular weight is 275 g/mol. The number of imidazole rings is 1. The Hall–Kier alpha value is -1.26. The van der Waals surface area contributed by atoms with Crippen LogP contribution in [0.4, 0.5) is 0 Å².